The Morgan fingerprint density at radius 1 is 1.03 bits per heavy atom. The zero-order valence-electron chi connectivity index (χ0n) is 18.3. The van der Waals surface area contributed by atoms with Crippen LogP contribution in [0.25, 0.3) is 11.1 Å². The number of rotatable bonds is 8. The fourth-order valence-corrected chi connectivity index (χ4v) is 5.44. The van der Waals surface area contributed by atoms with Crippen molar-refractivity contribution in [1.82, 2.24) is 4.72 Å². The summed E-state index contributed by atoms with van der Waals surface area (Å²) < 4.78 is 34.0. The maximum Gasteiger partial charge on any atom is 0.265 e. The van der Waals surface area contributed by atoms with Crippen LogP contribution in [0.1, 0.15) is 36.7 Å². The maximum atomic E-state index is 13.0. The summed E-state index contributed by atoms with van der Waals surface area (Å²) in [5.41, 5.74) is 2.96. The summed E-state index contributed by atoms with van der Waals surface area (Å²) in [7, 11) is -4.03. The van der Waals surface area contributed by atoms with E-state index in [2.05, 4.69) is 34.5 Å². The highest BCUT2D eigenvalue weighted by molar-refractivity contribution is 9.10. The van der Waals surface area contributed by atoms with Crippen LogP contribution < -0.4 is 9.46 Å². The fourth-order valence-electron chi connectivity index (χ4n) is 3.47. The van der Waals surface area contributed by atoms with Crippen LogP contribution in [0.15, 0.2) is 76.1 Å². The number of carbonyl (C=O) groups excluding carboxylic acids is 1. The van der Waals surface area contributed by atoms with E-state index in [4.69, 9.17) is 4.74 Å². The molecule has 7 heteroatoms. The molecule has 3 aromatic rings. The van der Waals surface area contributed by atoms with Gasteiger partial charge in [-0.15, -0.1) is 0 Å². The van der Waals surface area contributed by atoms with E-state index in [1.165, 1.54) is 6.07 Å². The van der Waals surface area contributed by atoms with Crippen LogP contribution in [-0.4, -0.2) is 20.9 Å². The lowest BCUT2D eigenvalue weighted by atomic mass is 9.93. The Morgan fingerprint density at radius 2 is 1.72 bits per heavy atom. The average Bonchev–Trinajstić information content (AvgIpc) is 2.73. The van der Waals surface area contributed by atoms with Crippen LogP contribution in [-0.2, 0) is 16.4 Å². The van der Waals surface area contributed by atoms with Crippen LogP contribution in [0, 0.1) is 5.92 Å². The molecule has 0 saturated carbocycles. The first-order valence-electron chi connectivity index (χ1n) is 10.4. The summed E-state index contributed by atoms with van der Waals surface area (Å²) in [6.45, 7) is 6.59. The van der Waals surface area contributed by atoms with E-state index in [9.17, 15) is 13.2 Å². The molecule has 5 nitrogen and oxygen atoms in total. The van der Waals surface area contributed by atoms with Gasteiger partial charge in [0.05, 0.1) is 6.61 Å². The monoisotopic (exact) mass is 515 g/mol. The van der Waals surface area contributed by atoms with Crippen molar-refractivity contribution in [3.8, 4) is 16.9 Å². The second-order valence-electron chi connectivity index (χ2n) is 7.76. The molecule has 0 spiro atoms. The lowest BCUT2D eigenvalue weighted by Crippen LogP contribution is -2.31. The van der Waals surface area contributed by atoms with E-state index < -0.39 is 15.9 Å². The maximum absolute atomic E-state index is 13.0. The van der Waals surface area contributed by atoms with Gasteiger partial charge in [0.15, 0.2) is 0 Å². The molecule has 0 heterocycles. The van der Waals surface area contributed by atoms with Crippen molar-refractivity contribution in [2.24, 2.45) is 5.92 Å². The molecular weight excluding hydrogens is 490 g/mol. The highest BCUT2D eigenvalue weighted by atomic mass is 79.9. The molecule has 0 aliphatic rings. The molecule has 0 fully saturated rings. The third kappa shape index (κ3) is 5.58. The SMILES string of the molecule is CCOc1ccccc1-c1ccc(C(=O)NS(=O)(=O)c2ccccc2Br)c(CC(C)C)c1. The molecule has 3 rings (SSSR count). The second kappa shape index (κ2) is 10.3. The Morgan fingerprint density at radius 3 is 2.41 bits per heavy atom. The topological polar surface area (TPSA) is 72.5 Å². The van der Waals surface area contributed by atoms with Gasteiger partial charge in [0.25, 0.3) is 15.9 Å². The Bertz CT molecular complexity index is 1220. The summed E-state index contributed by atoms with van der Waals surface area (Å²) >= 11 is 3.24. The van der Waals surface area contributed by atoms with Crippen molar-refractivity contribution in [3.63, 3.8) is 0 Å². The van der Waals surface area contributed by atoms with E-state index in [1.54, 1.807) is 24.3 Å². The number of carbonyl (C=O) groups is 1. The van der Waals surface area contributed by atoms with Crippen LogP contribution in [0.3, 0.4) is 0 Å². The molecule has 3 aromatic carbocycles. The quantitative estimate of drug-likeness (QED) is 0.409. The lowest BCUT2D eigenvalue weighted by Gasteiger charge is -2.16. The molecule has 0 unspecified atom stereocenters. The lowest BCUT2D eigenvalue weighted by molar-refractivity contribution is 0.0980. The van der Waals surface area contributed by atoms with E-state index in [0.29, 0.717) is 23.1 Å². The highest BCUT2D eigenvalue weighted by Crippen LogP contribution is 2.32. The van der Waals surface area contributed by atoms with Crippen LogP contribution in [0.5, 0.6) is 5.75 Å². The largest absolute Gasteiger partial charge is 0.493 e. The number of hydrogen-bond acceptors (Lipinski definition) is 4. The van der Waals surface area contributed by atoms with Crippen molar-refractivity contribution in [2.75, 3.05) is 6.61 Å². The molecule has 168 valence electrons. The molecular formula is C25H26BrNO4S. The van der Waals surface area contributed by atoms with E-state index in [1.807, 2.05) is 43.3 Å². The van der Waals surface area contributed by atoms with Gasteiger partial charge in [-0.3, -0.25) is 4.79 Å². The van der Waals surface area contributed by atoms with Gasteiger partial charge < -0.3 is 4.74 Å². The summed E-state index contributed by atoms with van der Waals surface area (Å²) in [6.07, 6.45) is 0.627. The predicted molar refractivity (Wildman–Crippen MR) is 130 cm³/mol. The number of sulfonamides is 1. The number of ether oxygens (including phenoxy) is 1. The van der Waals surface area contributed by atoms with Crippen molar-refractivity contribution < 1.29 is 17.9 Å². The molecule has 0 aromatic heterocycles. The number of amides is 1. The van der Waals surface area contributed by atoms with Gasteiger partial charge in [-0.05, 0) is 70.6 Å². The molecule has 32 heavy (non-hydrogen) atoms. The summed E-state index contributed by atoms with van der Waals surface area (Å²) in [6, 6.07) is 19.6. The third-order valence-corrected chi connectivity index (χ3v) is 7.17. The zero-order chi connectivity index (χ0) is 23.3. The zero-order valence-corrected chi connectivity index (χ0v) is 20.7. The molecule has 0 atom stereocenters. The van der Waals surface area contributed by atoms with Gasteiger partial charge in [-0.1, -0.05) is 56.3 Å². The van der Waals surface area contributed by atoms with Gasteiger partial charge in [-0.2, -0.15) is 0 Å². The van der Waals surface area contributed by atoms with Crippen LogP contribution in [0.2, 0.25) is 0 Å². The van der Waals surface area contributed by atoms with Gasteiger partial charge in [0.2, 0.25) is 0 Å². The second-order valence-corrected chi connectivity index (χ2v) is 10.3. The Kier molecular flexibility index (Phi) is 7.74. The minimum Gasteiger partial charge on any atom is -0.493 e. The van der Waals surface area contributed by atoms with E-state index in [-0.39, 0.29) is 10.8 Å². The van der Waals surface area contributed by atoms with Gasteiger partial charge in [0, 0.05) is 15.6 Å². The smallest absolute Gasteiger partial charge is 0.265 e. The van der Waals surface area contributed by atoms with E-state index >= 15 is 0 Å². The highest BCUT2D eigenvalue weighted by Gasteiger charge is 2.23. The normalized spacial score (nSPS) is 11.4. The van der Waals surface area contributed by atoms with E-state index in [0.717, 1.165) is 22.4 Å². The van der Waals surface area contributed by atoms with Crippen molar-refractivity contribution >= 4 is 31.9 Å². The van der Waals surface area contributed by atoms with Gasteiger partial charge >= 0.3 is 0 Å². The molecule has 0 aliphatic heterocycles. The first-order chi connectivity index (χ1) is 15.2. The van der Waals surface area contributed by atoms with Crippen molar-refractivity contribution in [1.29, 1.82) is 0 Å². The van der Waals surface area contributed by atoms with Gasteiger partial charge in [-0.25, -0.2) is 13.1 Å². The Labute approximate surface area is 198 Å². The first-order valence-corrected chi connectivity index (χ1v) is 12.7. The van der Waals surface area contributed by atoms with Crippen molar-refractivity contribution in [2.45, 2.75) is 32.1 Å². The average molecular weight is 516 g/mol. The van der Waals surface area contributed by atoms with Crippen LogP contribution >= 0.6 is 15.9 Å². The molecule has 1 amide bonds. The molecule has 0 radical (unpaired) electrons. The number of para-hydroxylation sites is 1. The minimum absolute atomic E-state index is 0.0148. The first kappa shape index (κ1) is 24.0. The number of benzene rings is 3. The minimum atomic E-state index is -4.03. The molecule has 0 bridgehead atoms. The number of halogens is 1. The van der Waals surface area contributed by atoms with Crippen molar-refractivity contribution in [3.05, 3.63) is 82.3 Å². The molecule has 1 N–H and O–H groups in total. The molecule has 0 saturated heterocycles. The summed E-state index contributed by atoms with van der Waals surface area (Å²) in [5, 5.41) is 0. The van der Waals surface area contributed by atoms with Crippen LogP contribution in [0.4, 0.5) is 0 Å². The fraction of sp³-hybridized carbons (Fsp3) is 0.240. The molecule has 0 aliphatic carbocycles. The number of nitrogens with one attached hydrogen (secondary N) is 1. The third-order valence-electron chi connectivity index (χ3n) is 4.83. The Hall–Kier alpha value is -2.64. The summed E-state index contributed by atoms with van der Waals surface area (Å²) in [4.78, 5) is 13.0. The summed E-state index contributed by atoms with van der Waals surface area (Å²) in [5.74, 6) is 0.388. The standard InChI is InChI=1S/C25H26BrNO4S/c1-4-31-23-11-7-5-9-20(23)18-13-14-21(19(16-18)15-17(2)3)25(28)27-32(29,30)24-12-8-6-10-22(24)26/h5-14,16-17H,4,15H2,1-3H3,(H,27,28). The number of hydrogen-bond donors (Lipinski definition) is 1. The Balaban J connectivity index is 2.00. The predicted octanol–water partition coefficient (Wildman–Crippen LogP) is 5.83. The van der Waals surface area contributed by atoms with Gasteiger partial charge in [0.1, 0.15) is 10.6 Å².